The standard InChI is InChI=1S/C17H22N2O3S2/c1-11-6-14(21-4)15(22-5)7-13(11)8-19(3)16(20)10-24-17-18-12(2)9-23-17/h6-7,9H,8,10H2,1-5H3. The van der Waals surface area contributed by atoms with Crippen LogP contribution in [0.15, 0.2) is 21.9 Å². The van der Waals surface area contributed by atoms with Gasteiger partial charge < -0.3 is 14.4 Å². The molecular formula is C17H22N2O3S2. The fourth-order valence-corrected chi connectivity index (χ4v) is 3.96. The van der Waals surface area contributed by atoms with Crippen molar-refractivity contribution in [3.63, 3.8) is 0 Å². The zero-order valence-electron chi connectivity index (χ0n) is 14.6. The molecule has 0 bridgehead atoms. The molecular weight excluding hydrogens is 344 g/mol. The molecule has 0 unspecified atom stereocenters. The average molecular weight is 367 g/mol. The van der Waals surface area contributed by atoms with Crippen molar-refractivity contribution in [2.45, 2.75) is 24.7 Å². The van der Waals surface area contributed by atoms with Gasteiger partial charge in [-0.2, -0.15) is 0 Å². The average Bonchev–Trinajstić information content (AvgIpc) is 2.99. The summed E-state index contributed by atoms with van der Waals surface area (Å²) >= 11 is 3.05. The van der Waals surface area contributed by atoms with E-state index in [1.807, 2.05) is 38.4 Å². The molecule has 7 heteroatoms. The predicted octanol–water partition coefficient (Wildman–Crippen LogP) is 3.53. The Balaban J connectivity index is 2.00. The van der Waals surface area contributed by atoms with E-state index in [0.717, 1.165) is 21.2 Å². The second-order valence-electron chi connectivity index (χ2n) is 5.43. The Bertz CT molecular complexity index is 716. The molecule has 1 heterocycles. The van der Waals surface area contributed by atoms with E-state index in [1.165, 1.54) is 11.8 Å². The second kappa shape index (κ2) is 8.39. The van der Waals surface area contributed by atoms with Crippen LogP contribution in [0, 0.1) is 13.8 Å². The Kier molecular flexibility index (Phi) is 6.51. The van der Waals surface area contributed by atoms with Crippen molar-refractivity contribution in [3.05, 3.63) is 34.3 Å². The number of aryl methyl sites for hydroxylation is 2. The van der Waals surface area contributed by atoms with Gasteiger partial charge in [-0.05, 0) is 37.1 Å². The van der Waals surface area contributed by atoms with Gasteiger partial charge in [-0.25, -0.2) is 4.98 Å². The van der Waals surface area contributed by atoms with E-state index in [-0.39, 0.29) is 5.91 Å². The molecule has 130 valence electrons. The second-order valence-corrected chi connectivity index (χ2v) is 7.51. The number of aromatic nitrogens is 1. The molecule has 1 aromatic heterocycles. The van der Waals surface area contributed by atoms with Crippen LogP contribution in [0.4, 0.5) is 0 Å². The molecule has 0 radical (unpaired) electrons. The molecule has 0 fully saturated rings. The van der Waals surface area contributed by atoms with Gasteiger partial charge in [0.2, 0.25) is 5.91 Å². The lowest BCUT2D eigenvalue weighted by Crippen LogP contribution is -2.28. The van der Waals surface area contributed by atoms with E-state index < -0.39 is 0 Å². The molecule has 5 nitrogen and oxygen atoms in total. The molecule has 24 heavy (non-hydrogen) atoms. The Morgan fingerprint density at radius 3 is 2.50 bits per heavy atom. The summed E-state index contributed by atoms with van der Waals surface area (Å²) in [5.41, 5.74) is 3.10. The molecule has 0 saturated heterocycles. The van der Waals surface area contributed by atoms with Crippen molar-refractivity contribution >= 4 is 29.0 Å². The van der Waals surface area contributed by atoms with Crippen LogP contribution in [0.25, 0.3) is 0 Å². The van der Waals surface area contributed by atoms with Gasteiger partial charge in [0.1, 0.15) is 0 Å². The molecule has 0 atom stereocenters. The number of carbonyl (C=O) groups excluding carboxylic acids is 1. The lowest BCUT2D eigenvalue weighted by Gasteiger charge is -2.19. The Labute approximate surface area is 151 Å². The Hall–Kier alpha value is -1.73. The van der Waals surface area contributed by atoms with Crippen LogP contribution in [0.1, 0.15) is 16.8 Å². The first kappa shape index (κ1) is 18.6. The first-order chi connectivity index (χ1) is 11.4. The summed E-state index contributed by atoms with van der Waals surface area (Å²) in [6, 6.07) is 3.86. The number of ether oxygens (including phenoxy) is 2. The van der Waals surface area contributed by atoms with Crippen LogP contribution in [0.5, 0.6) is 11.5 Å². The Morgan fingerprint density at radius 2 is 1.92 bits per heavy atom. The number of thioether (sulfide) groups is 1. The van der Waals surface area contributed by atoms with E-state index in [9.17, 15) is 4.79 Å². The van der Waals surface area contributed by atoms with Crippen LogP contribution < -0.4 is 9.47 Å². The van der Waals surface area contributed by atoms with E-state index in [0.29, 0.717) is 23.8 Å². The van der Waals surface area contributed by atoms with Crippen LogP contribution in [-0.4, -0.2) is 42.8 Å². The van der Waals surface area contributed by atoms with Gasteiger partial charge in [0.05, 0.1) is 20.0 Å². The zero-order valence-corrected chi connectivity index (χ0v) is 16.2. The quantitative estimate of drug-likeness (QED) is 0.702. The van der Waals surface area contributed by atoms with Crippen LogP contribution in [-0.2, 0) is 11.3 Å². The van der Waals surface area contributed by atoms with Crippen molar-refractivity contribution in [3.8, 4) is 11.5 Å². The topological polar surface area (TPSA) is 51.7 Å². The first-order valence-corrected chi connectivity index (χ1v) is 9.31. The van der Waals surface area contributed by atoms with Gasteiger partial charge in [-0.3, -0.25) is 4.79 Å². The molecule has 2 rings (SSSR count). The Morgan fingerprint density at radius 1 is 1.25 bits per heavy atom. The fourth-order valence-electron chi connectivity index (χ4n) is 2.17. The number of nitrogens with zero attached hydrogens (tertiary/aromatic N) is 2. The van der Waals surface area contributed by atoms with Crippen molar-refractivity contribution < 1.29 is 14.3 Å². The highest BCUT2D eigenvalue weighted by atomic mass is 32.2. The van der Waals surface area contributed by atoms with Crippen molar-refractivity contribution in [2.24, 2.45) is 0 Å². The molecule has 0 aliphatic heterocycles. The van der Waals surface area contributed by atoms with E-state index in [1.54, 1.807) is 30.5 Å². The summed E-state index contributed by atoms with van der Waals surface area (Å²) in [6.07, 6.45) is 0. The lowest BCUT2D eigenvalue weighted by atomic mass is 10.1. The molecule has 1 amide bonds. The number of hydrogen-bond donors (Lipinski definition) is 0. The number of hydrogen-bond acceptors (Lipinski definition) is 6. The van der Waals surface area contributed by atoms with Crippen molar-refractivity contribution in [1.29, 1.82) is 0 Å². The van der Waals surface area contributed by atoms with Crippen molar-refractivity contribution in [1.82, 2.24) is 9.88 Å². The minimum absolute atomic E-state index is 0.0713. The third-order valence-electron chi connectivity index (χ3n) is 3.59. The summed E-state index contributed by atoms with van der Waals surface area (Å²) in [5.74, 6) is 1.83. The number of carbonyl (C=O) groups is 1. The molecule has 0 saturated carbocycles. The van der Waals surface area contributed by atoms with Crippen LogP contribution >= 0.6 is 23.1 Å². The summed E-state index contributed by atoms with van der Waals surface area (Å²) < 4.78 is 11.6. The normalized spacial score (nSPS) is 10.5. The minimum Gasteiger partial charge on any atom is -0.493 e. The highest BCUT2D eigenvalue weighted by molar-refractivity contribution is 8.01. The maximum Gasteiger partial charge on any atom is 0.233 e. The monoisotopic (exact) mass is 366 g/mol. The smallest absolute Gasteiger partial charge is 0.233 e. The molecule has 0 spiro atoms. The summed E-state index contributed by atoms with van der Waals surface area (Å²) in [5, 5.41) is 1.99. The fraction of sp³-hybridized carbons (Fsp3) is 0.412. The number of methoxy groups -OCH3 is 2. The van der Waals surface area contributed by atoms with Crippen LogP contribution in [0.2, 0.25) is 0 Å². The largest absolute Gasteiger partial charge is 0.493 e. The predicted molar refractivity (Wildman–Crippen MR) is 98.3 cm³/mol. The summed E-state index contributed by atoms with van der Waals surface area (Å²) in [7, 11) is 5.04. The molecule has 0 aliphatic rings. The third kappa shape index (κ3) is 4.64. The summed E-state index contributed by atoms with van der Waals surface area (Å²) in [6.45, 7) is 4.49. The van der Waals surface area contributed by atoms with Gasteiger partial charge in [0.25, 0.3) is 0 Å². The number of benzene rings is 1. The number of thiazole rings is 1. The zero-order chi connectivity index (χ0) is 17.7. The number of amides is 1. The third-order valence-corrected chi connectivity index (χ3v) is 5.72. The highest BCUT2D eigenvalue weighted by Gasteiger charge is 2.14. The van der Waals surface area contributed by atoms with Gasteiger partial charge in [-0.1, -0.05) is 11.8 Å². The summed E-state index contributed by atoms with van der Waals surface area (Å²) in [4.78, 5) is 18.4. The van der Waals surface area contributed by atoms with E-state index in [2.05, 4.69) is 4.98 Å². The maximum absolute atomic E-state index is 12.3. The van der Waals surface area contributed by atoms with Gasteiger partial charge in [0, 0.05) is 24.7 Å². The van der Waals surface area contributed by atoms with Gasteiger partial charge in [-0.15, -0.1) is 11.3 Å². The number of rotatable bonds is 7. The maximum atomic E-state index is 12.3. The molecule has 1 aromatic carbocycles. The van der Waals surface area contributed by atoms with Gasteiger partial charge >= 0.3 is 0 Å². The molecule has 0 aliphatic carbocycles. The van der Waals surface area contributed by atoms with Crippen molar-refractivity contribution in [2.75, 3.05) is 27.0 Å². The van der Waals surface area contributed by atoms with Crippen LogP contribution in [0.3, 0.4) is 0 Å². The SMILES string of the molecule is COc1cc(C)c(CN(C)C(=O)CSc2nc(C)cs2)cc1OC. The highest BCUT2D eigenvalue weighted by Crippen LogP contribution is 2.31. The van der Waals surface area contributed by atoms with Gasteiger partial charge in [0.15, 0.2) is 15.8 Å². The molecule has 2 aromatic rings. The first-order valence-electron chi connectivity index (χ1n) is 7.45. The molecule has 0 N–H and O–H groups in total. The lowest BCUT2D eigenvalue weighted by molar-refractivity contribution is -0.127. The van der Waals surface area contributed by atoms with E-state index in [4.69, 9.17) is 9.47 Å². The minimum atomic E-state index is 0.0713. The van der Waals surface area contributed by atoms with E-state index >= 15 is 0 Å².